The maximum Gasteiger partial charge on any atom is 0.407 e. The van der Waals surface area contributed by atoms with E-state index < -0.39 is 11.7 Å². The van der Waals surface area contributed by atoms with Gasteiger partial charge in [0.05, 0.1) is 6.61 Å². The standard InChI is InChI=1S/C45H58N2O4/c1-34(2)47(35(3)4)30-28-41(39-19-12-9-13-20-39)42-32-37(23-26-43(42)50-33-38-17-10-8-11-18-38)16-14-15-31-49-40-24-21-36(22-25-40)27-29-46-44(48)51-45(5,6)7/h8-14,16-26,32,34-35,41H,15,27-31,33H2,1-7H3,(H,46,48)/b16-14+/t41-/m1/s1. The van der Waals surface area contributed by atoms with Crippen molar-refractivity contribution in [2.75, 3.05) is 19.7 Å². The third kappa shape index (κ3) is 13.6. The van der Waals surface area contributed by atoms with Gasteiger partial charge in [-0.3, -0.25) is 4.90 Å². The zero-order valence-electron chi connectivity index (χ0n) is 31.7. The van der Waals surface area contributed by atoms with Gasteiger partial charge in [0, 0.05) is 30.1 Å². The number of rotatable bonds is 18. The minimum absolute atomic E-state index is 0.185. The van der Waals surface area contributed by atoms with Crippen molar-refractivity contribution in [2.45, 2.75) is 97.9 Å². The third-order valence-electron chi connectivity index (χ3n) is 8.72. The molecule has 0 radical (unpaired) electrons. The molecule has 4 aromatic carbocycles. The highest BCUT2D eigenvalue weighted by atomic mass is 16.6. The number of alkyl carbamates (subject to hydrolysis) is 1. The van der Waals surface area contributed by atoms with Gasteiger partial charge in [0.25, 0.3) is 0 Å². The van der Waals surface area contributed by atoms with E-state index in [0.29, 0.717) is 31.8 Å². The molecule has 0 fully saturated rings. The van der Waals surface area contributed by atoms with Crippen molar-refractivity contribution in [1.29, 1.82) is 0 Å². The lowest BCUT2D eigenvalue weighted by atomic mass is 9.86. The SMILES string of the molecule is CC(C)N(CC[C@H](c1ccccc1)c1cc(/C=C/CCOc2ccc(CCNC(=O)OC(C)(C)C)cc2)ccc1OCc1ccccc1)C(C)C. The summed E-state index contributed by atoms with van der Waals surface area (Å²) in [5.41, 5.74) is 5.43. The van der Waals surface area contributed by atoms with Crippen LogP contribution < -0.4 is 14.8 Å². The van der Waals surface area contributed by atoms with E-state index in [9.17, 15) is 4.79 Å². The molecule has 1 atom stereocenters. The van der Waals surface area contributed by atoms with Crippen LogP contribution in [0.15, 0.2) is 109 Å². The topological polar surface area (TPSA) is 60.0 Å². The van der Waals surface area contributed by atoms with Gasteiger partial charge in [0.15, 0.2) is 0 Å². The van der Waals surface area contributed by atoms with Crippen molar-refractivity contribution < 1.29 is 19.0 Å². The van der Waals surface area contributed by atoms with Gasteiger partial charge in [-0.05, 0) is 121 Å². The van der Waals surface area contributed by atoms with Crippen LogP contribution in [0.25, 0.3) is 6.08 Å². The molecule has 272 valence electrons. The van der Waals surface area contributed by atoms with Gasteiger partial charge in [-0.2, -0.15) is 0 Å². The summed E-state index contributed by atoms with van der Waals surface area (Å²) in [6.07, 6.45) is 6.46. The number of carbonyl (C=O) groups excluding carboxylic acids is 1. The Balaban J connectivity index is 1.42. The lowest BCUT2D eigenvalue weighted by Gasteiger charge is -2.32. The predicted octanol–water partition coefficient (Wildman–Crippen LogP) is 10.5. The Kier molecular flexibility index (Phi) is 15.2. The van der Waals surface area contributed by atoms with Crippen molar-refractivity contribution >= 4 is 12.2 Å². The van der Waals surface area contributed by atoms with Crippen molar-refractivity contribution in [3.8, 4) is 11.5 Å². The molecule has 0 saturated carbocycles. The van der Waals surface area contributed by atoms with Crippen molar-refractivity contribution in [3.05, 3.63) is 137 Å². The molecule has 0 aromatic heterocycles. The van der Waals surface area contributed by atoms with Crippen LogP contribution in [0.5, 0.6) is 11.5 Å². The summed E-state index contributed by atoms with van der Waals surface area (Å²) < 4.78 is 17.9. The van der Waals surface area contributed by atoms with E-state index in [1.807, 2.05) is 51.1 Å². The van der Waals surface area contributed by atoms with E-state index in [1.54, 1.807) is 0 Å². The van der Waals surface area contributed by atoms with Crippen LogP contribution in [0.1, 0.15) is 95.0 Å². The maximum atomic E-state index is 11.9. The Hall–Kier alpha value is -4.55. The first kappa shape index (κ1) is 39.2. The molecule has 0 aliphatic rings. The van der Waals surface area contributed by atoms with E-state index in [1.165, 1.54) is 11.1 Å². The van der Waals surface area contributed by atoms with E-state index >= 15 is 0 Å². The second-order valence-electron chi connectivity index (χ2n) is 14.6. The number of ether oxygens (including phenoxy) is 3. The Morgan fingerprint density at radius 2 is 1.47 bits per heavy atom. The molecule has 0 unspecified atom stereocenters. The lowest BCUT2D eigenvalue weighted by molar-refractivity contribution is 0.0528. The fourth-order valence-electron chi connectivity index (χ4n) is 6.23. The molecule has 0 saturated heterocycles. The lowest BCUT2D eigenvalue weighted by Crippen LogP contribution is -2.38. The summed E-state index contributed by atoms with van der Waals surface area (Å²) in [6.45, 7) is 17.3. The normalized spacial score (nSPS) is 12.4. The van der Waals surface area contributed by atoms with Gasteiger partial charge in [-0.15, -0.1) is 0 Å². The highest BCUT2D eigenvalue weighted by molar-refractivity contribution is 5.67. The van der Waals surface area contributed by atoms with Crippen LogP contribution in [-0.4, -0.2) is 48.4 Å². The van der Waals surface area contributed by atoms with Crippen LogP contribution in [0.4, 0.5) is 4.79 Å². The van der Waals surface area contributed by atoms with Crippen molar-refractivity contribution in [1.82, 2.24) is 10.2 Å². The Bertz CT molecular complexity index is 1620. The first-order valence-electron chi connectivity index (χ1n) is 18.4. The van der Waals surface area contributed by atoms with Gasteiger partial charge in [-0.25, -0.2) is 4.79 Å². The van der Waals surface area contributed by atoms with E-state index in [2.05, 4.69) is 123 Å². The summed E-state index contributed by atoms with van der Waals surface area (Å²) in [6, 6.07) is 36.8. The van der Waals surface area contributed by atoms with E-state index in [4.69, 9.17) is 14.2 Å². The number of hydrogen-bond acceptors (Lipinski definition) is 5. The zero-order chi connectivity index (χ0) is 36.6. The third-order valence-corrected chi connectivity index (χ3v) is 8.72. The quantitative estimate of drug-likeness (QED) is 0.105. The minimum atomic E-state index is -0.502. The van der Waals surface area contributed by atoms with Crippen LogP contribution in [0, 0.1) is 0 Å². The molecule has 0 aliphatic heterocycles. The number of amides is 1. The summed E-state index contributed by atoms with van der Waals surface area (Å²) in [5.74, 6) is 1.94. The van der Waals surface area contributed by atoms with Gasteiger partial charge >= 0.3 is 6.09 Å². The highest BCUT2D eigenvalue weighted by Crippen LogP contribution is 2.36. The second-order valence-corrected chi connectivity index (χ2v) is 14.6. The Morgan fingerprint density at radius 1 is 0.804 bits per heavy atom. The smallest absolute Gasteiger partial charge is 0.407 e. The minimum Gasteiger partial charge on any atom is -0.493 e. The molecule has 4 rings (SSSR count). The van der Waals surface area contributed by atoms with E-state index in [0.717, 1.165) is 54.0 Å². The monoisotopic (exact) mass is 690 g/mol. The van der Waals surface area contributed by atoms with Gasteiger partial charge in [0.1, 0.15) is 23.7 Å². The van der Waals surface area contributed by atoms with Crippen LogP contribution in [-0.2, 0) is 17.8 Å². The molecule has 0 bridgehead atoms. The summed E-state index contributed by atoms with van der Waals surface area (Å²) in [4.78, 5) is 14.5. The Morgan fingerprint density at radius 3 is 2.12 bits per heavy atom. The van der Waals surface area contributed by atoms with Crippen molar-refractivity contribution in [3.63, 3.8) is 0 Å². The average Bonchev–Trinajstić information content (AvgIpc) is 3.10. The number of benzene rings is 4. The van der Waals surface area contributed by atoms with E-state index in [-0.39, 0.29) is 5.92 Å². The summed E-state index contributed by atoms with van der Waals surface area (Å²) >= 11 is 0. The molecule has 0 aliphatic carbocycles. The second kappa shape index (κ2) is 19.7. The fraction of sp³-hybridized carbons (Fsp3) is 0.400. The number of carbonyl (C=O) groups is 1. The van der Waals surface area contributed by atoms with Crippen LogP contribution in [0.2, 0.25) is 0 Å². The molecule has 51 heavy (non-hydrogen) atoms. The number of nitrogens with zero attached hydrogens (tertiary/aromatic N) is 1. The first-order chi connectivity index (χ1) is 24.5. The molecule has 1 N–H and O–H groups in total. The van der Waals surface area contributed by atoms with Crippen LogP contribution >= 0.6 is 0 Å². The number of hydrogen-bond donors (Lipinski definition) is 1. The predicted molar refractivity (Wildman–Crippen MR) is 211 cm³/mol. The summed E-state index contributed by atoms with van der Waals surface area (Å²) in [7, 11) is 0. The highest BCUT2D eigenvalue weighted by Gasteiger charge is 2.22. The molecule has 1 amide bonds. The number of nitrogens with one attached hydrogen (secondary N) is 1. The molecule has 0 heterocycles. The van der Waals surface area contributed by atoms with Crippen LogP contribution in [0.3, 0.4) is 0 Å². The molecule has 6 nitrogen and oxygen atoms in total. The largest absolute Gasteiger partial charge is 0.493 e. The first-order valence-corrected chi connectivity index (χ1v) is 18.4. The molecular weight excluding hydrogens is 633 g/mol. The van der Waals surface area contributed by atoms with Gasteiger partial charge in [-0.1, -0.05) is 91.0 Å². The van der Waals surface area contributed by atoms with Crippen molar-refractivity contribution in [2.24, 2.45) is 0 Å². The van der Waals surface area contributed by atoms with Gasteiger partial charge in [0.2, 0.25) is 0 Å². The molecular formula is C45H58N2O4. The molecule has 0 spiro atoms. The Labute approximate surface area is 306 Å². The summed E-state index contributed by atoms with van der Waals surface area (Å²) in [5, 5.41) is 2.81. The molecule has 4 aromatic rings. The van der Waals surface area contributed by atoms with Gasteiger partial charge < -0.3 is 19.5 Å². The molecule has 6 heteroatoms. The fourth-order valence-corrected chi connectivity index (χ4v) is 6.23. The zero-order valence-corrected chi connectivity index (χ0v) is 31.7. The average molecular weight is 691 g/mol. The maximum absolute atomic E-state index is 11.9.